The van der Waals surface area contributed by atoms with Crippen molar-refractivity contribution in [3.63, 3.8) is 0 Å². The zero-order valence-corrected chi connectivity index (χ0v) is 12.4. The van der Waals surface area contributed by atoms with Crippen LogP contribution in [0.2, 0.25) is 5.02 Å². The average Bonchev–Trinajstić information content (AvgIpc) is 2.61. The Morgan fingerprint density at radius 3 is 2.68 bits per heavy atom. The Morgan fingerprint density at radius 2 is 2.16 bits per heavy atom. The van der Waals surface area contributed by atoms with Gasteiger partial charge in [-0.05, 0) is 30.7 Å². The Kier molecular flexibility index (Phi) is 3.77. The third-order valence-electron chi connectivity index (χ3n) is 3.43. The Balaban J connectivity index is 2.19. The lowest BCUT2D eigenvalue weighted by molar-refractivity contribution is 0.372. The first kappa shape index (κ1) is 14.6. The summed E-state index contributed by atoms with van der Waals surface area (Å²) in [5.74, 6) is 0. The van der Waals surface area contributed by atoms with Crippen LogP contribution in [-0.2, 0) is 10.0 Å². The van der Waals surface area contributed by atoms with Crippen molar-refractivity contribution in [3.05, 3.63) is 27.6 Å². The van der Waals surface area contributed by atoms with Crippen LogP contribution in [0.15, 0.2) is 22.0 Å². The first-order chi connectivity index (χ1) is 8.70. The lowest BCUT2D eigenvalue weighted by Gasteiger charge is -2.17. The van der Waals surface area contributed by atoms with Crippen molar-refractivity contribution in [1.29, 1.82) is 0 Å². The van der Waals surface area contributed by atoms with Crippen molar-refractivity contribution >= 4 is 21.6 Å². The molecule has 0 bridgehead atoms. The van der Waals surface area contributed by atoms with Crippen LogP contribution in [-0.4, -0.2) is 19.4 Å². The second kappa shape index (κ2) is 4.92. The van der Waals surface area contributed by atoms with Gasteiger partial charge >= 0.3 is 0 Å². The molecule has 0 aromatic carbocycles. The maximum Gasteiger partial charge on any atom is 0.266 e. The molecule has 1 aliphatic rings. The minimum absolute atomic E-state index is 0.0122. The second-order valence-electron chi connectivity index (χ2n) is 5.74. The minimum Gasteiger partial charge on any atom is -0.326 e. The molecular formula is C12H17ClN2O3S. The molecule has 1 aliphatic carbocycles. The third kappa shape index (κ3) is 3.38. The van der Waals surface area contributed by atoms with Gasteiger partial charge in [-0.3, -0.25) is 4.79 Å². The van der Waals surface area contributed by atoms with E-state index in [0.29, 0.717) is 0 Å². The highest BCUT2D eigenvalue weighted by molar-refractivity contribution is 7.89. The zero-order valence-electron chi connectivity index (χ0n) is 10.9. The summed E-state index contributed by atoms with van der Waals surface area (Å²) in [7, 11) is -3.64. The third-order valence-corrected chi connectivity index (χ3v) is 5.21. The van der Waals surface area contributed by atoms with E-state index in [4.69, 9.17) is 11.6 Å². The summed E-state index contributed by atoms with van der Waals surface area (Å²) >= 11 is 5.65. The lowest BCUT2D eigenvalue weighted by Crippen LogP contribution is -2.33. The van der Waals surface area contributed by atoms with E-state index in [1.807, 2.05) is 0 Å². The summed E-state index contributed by atoms with van der Waals surface area (Å²) in [6.07, 6.45) is 3.79. The second-order valence-corrected chi connectivity index (χ2v) is 7.86. The highest BCUT2D eigenvalue weighted by atomic mass is 35.5. The Bertz CT molecular complexity index is 637. The number of H-pyrrole nitrogens is 1. The largest absolute Gasteiger partial charge is 0.326 e. The van der Waals surface area contributed by atoms with Gasteiger partial charge in [0.15, 0.2) is 0 Å². The summed E-state index contributed by atoms with van der Waals surface area (Å²) in [6.45, 7) is 4.25. The van der Waals surface area contributed by atoms with Gasteiger partial charge in [0.05, 0.1) is 4.90 Å². The molecule has 0 aliphatic heterocycles. The van der Waals surface area contributed by atoms with Crippen molar-refractivity contribution in [2.45, 2.75) is 44.0 Å². The molecule has 106 valence electrons. The van der Waals surface area contributed by atoms with Gasteiger partial charge < -0.3 is 4.98 Å². The number of aromatic amines is 1. The predicted octanol–water partition coefficient (Wildman–Crippen LogP) is 1.89. The SMILES string of the molecule is CC1(C)CCC(NS(=O)(=O)c2c[nH]c(=O)c(Cl)c2)C1. The average molecular weight is 305 g/mol. The zero-order chi connectivity index (χ0) is 14.3. The molecule has 1 aromatic heterocycles. The molecular weight excluding hydrogens is 288 g/mol. The maximum absolute atomic E-state index is 12.2. The van der Waals surface area contributed by atoms with Crippen LogP contribution in [0.5, 0.6) is 0 Å². The highest BCUT2D eigenvalue weighted by Gasteiger charge is 2.33. The Morgan fingerprint density at radius 1 is 1.47 bits per heavy atom. The topological polar surface area (TPSA) is 79.0 Å². The van der Waals surface area contributed by atoms with Crippen molar-refractivity contribution < 1.29 is 8.42 Å². The molecule has 7 heteroatoms. The van der Waals surface area contributed by atoms with Crippen LogP contribution < -0.4 is 10.3 Å². The van der Waals surface area contributed by atoms with Crippen LogP contribution in [0, 0.1) is 5.41 Å². The van der Waals surface area contributed by atoms with Crippen LogP contribution in [0.3, 0.4) is 0 Å². The van der Waals surface area contributed by atoms with Gasteiger partial charge in [0.25, 0.3) is 5.56 Å². The van der Waals surface area contributed by atoms with Gasteiger partial charge in [-0.2, -0.15) is 0 Å². The van der Waals surface area contributed by atoms with E-state index in [1.54, 1.807) is 0 Å². The molecule has 0 radical (unpaired) electrons. The van der Waals surface area contributed by atoms with Gasteiger partial charge in [0.2, 0.25) is 10.0 Å². The molecule has 0 saturated heterocycles. The van der Waals surface area contributed by atoms with E-state index in [0.717, 1.165) is 25.5 Å². The van der Waals surface area contributed by atoms with Gasteiger partial charge in [0, 0.05) is 12.2 Å². The van der Waals surface area contributed by atoms with E-state index in [-0.39, 0.29) is 21.4 Å². The number of aromatic nitrogens is 1. The standard InChI is InChI=1S/C12H17ClN2O3S/c1-12(2)4-3-8(6-12)15-19(17,18)9-5-10(13)11(16)14-7-9/h5,7-8,15H,3-4,6H2,1-2H3,(H,14,16). The van der Waals surface area contributed by atoms with Gasteiger partial charge in [-0.25, -0.2) is 13.1 Å². The van der Waals surface area contributed by atoms with E-state index in [2.05, 4.69) is 23.6 Å². The number of hydrogen-bond acceptors (Lipinski definition) is 3. The predicted molar refractivity (Wildman–Crippen MR) is 73.8 cm³/mol. The monoisotopic (exact) mass is 304 g/mol. The summed E-state index contributed by atoms with van der Waals surface area (Å²) in [5.41, 5.74) is -0.335. The van der Waals surface area contributed by atoms with Crippen molar-refractivity contribution in [3.8, 4) is 0 Å². The number of pyridine rings is 1. The molecule has 0 amide bonds. The molecule has 19 heavy (non-hydrogen) atoms. The van der Waals surface area contributed by atoms with Gasteiger partial charge in [-0.15, -0.1) is 0 Å². The van der Waals surface area contributed by atoms with Crippen LogP contribution in [0.4, 0.5) is 0 Å². The number of hydrogen-bond donors (Lipinski definition) is 2. The van der Waals surface area contributed by atoms with E-state index in [9.17, 15) is 13.2 Å². The maximum atomic E-state index is 12.2. The summed E-state index contributed by atoms with van der Waals surface area (Å²) < 4.78 is 27.0. The first-order valence-corrected chi connectivity index (χ1v) is 7.96. The van der Waals surface area contributed by atoms with Crippen LogP contribution in [0.1, 0.15) is 33.1 Å². The molecule has 0 spiro atoms. The lowest BCUT2D eigenvalue weighted by atomic mass is 9.92. The first-order valence-electron chi connectivity index (χ1n) is 6.10. The molecule has 1 saturated carbocycles. The molecule has 2 N–H and O–H groups in total. The fraction of sp³-hybridized carbons (Fsp3) is 0.583. The molecule has 1 atom stereocenters. The van der Waals surface area contributed by atoms with E-state index >= 15 is 0 Å². The Labute approximate surface area is 117 Å². The molecule has 1 heterocycles. The van der Waals surface area contributed by atoms with Crippen molar-refractivity contribution in [1.82, 2.24) is 9.71 Å². The van der Waals surface area contributed by atoms with Gasteiger partial charge in [-0.1, -0.05) is 25.4 Å². The van der Waals surface area contributed by atoms with Crippen molar-refractivity contribution in [2.24, 2.45) is 5.41 Å². The number of rotatable bonds is 3. The summed E-state index contributed by atoms with van der Waals surface area (Å²) in [6, 6.07) is 1.11. The van der Waals surface area contributed by atoms with Crippen molar-refractivity contribution in [2.75, 3.05) is 0 Å². The highest BCUT2D eigenvalue weighted by Crippen LogP contribution is 2.37. The smallest absolute Gasteiger partial charge is 0.266 e. The molecule has 1 aromatic rings. The number of nitrogens with one attached hydrogen (secondary N) is 2. The fourth-order valence-electron chi connectivity index (χ4n) is 2.42. The van der Waals surface area contributed by atoms with E-state index < -0.39 is 15.6 Å². The molecule has 1 unspecified atom stereocenters. The fourth-order valence-corrected chi connectivity index (χ4v) is 3.92. The molecule has 2 rings (SSSR count). The normalized spacial score (nSPS) is 22.6. The minimum atomic E-state index is -3.64. The summed E-state index contributed by atoms with van der Waals surface area (Å²) in [5, 5.41) is -0.130. The van der Waals surface area contributed by atoms with Gasteiger partial charge in [0.1, 0.15) is 5.02 Å². The number of halogens is 1. The summed E-state index contributed by atoms with van der Waals surface area (Å²) in [4.78, 5) is 13.4. The number of sulfonamides is 1. The molecule has 5 nitrogen and oxygen atoms in total. The Hall–Kier alpha value is -0.850. The van der Waals surface area contributed by atoms with Crippen LogP contribution in [0.25, 0.3) is 0 Å². The van der Waals surface area contributed by atoms with E-state index in [1.165, 1.54) is 6.07 Å². The molecule has 1 fully saturated rings. The quantitative estimate of drug-likeness (QED) is 0.895. The van der Waals surface area contributed by atoms with Crippen LogP contribution >= 0.6 is 11.6 Å².